The molecule has 0 aromatic rings. The van der Waals surface area contributed by atoms with Gasteiger partial charge in [0.15, 0.2) is 0 Å². The Kier molecular flexibility index (Phi) is 15.0. The maximum absolute atomic E-state index is 6.23. The van der Waals surface area contributed by atoms with Crippen molar-refractivity contribution in [2.24, 2.45) is 29.4 Å². The molecule has 26 heavy (non-hydrogen) atoms. The number of nitrogens with two attached hydrogens (primary N) is 1. The molecule has 0 amide bonds. The van der Waals surface area contributed by atoms with E-state index in [0.29, 0.717) is 5.92 Å². The maximum atomic E-state index is 6.23. The molecule has 0 radical (unpaired) electrons. The Hall–Kier alpha value is 0.690. The van der Waals surface area contributed by atoms with E-state index in [-0.39, 0.29) is 5.54 Å². The highest BCUT2D eigenvalue weighted by molar-refractivity contribution is 14.1. The summed E-state index contributed by atoms with van der Waals surface area (Å²) in [6.07, 6.45) is 15.3. The fraction of sp³-hybridized carbons (Fsp3) is 1.00. The van der Waals surface area contributed by atoms with E-state index in [4.69, 9.17) is 5.73 Å². The van der Waals surface area contributed by atoms with E-state index in [0.717, 1.165) is 21.7 Å². The first-order valence-corrected chi connectivity index (χ1v) is 12.7. The zero-order valence-corrected chi connectivity index (χ0v) is 21.3. The molecule has 1 nitrogen and oxygen atoms in total. The summed E-state index contributed by atoms with van der Waals surface area (Å²) in [6.45, 7) is 16.3. The normalized spacial score (nSPS) is 18.3. The Labute approximate surface area is 180 Å². The monoisotopic (exact) mass is 479 g/mol. The molecule has 0 rings (SSSR count). The molecule has 0 bridgehead atoms. The average Bonchev–Trinajstić information content (AvgIpc) is 2.51. The van der Waals surface area contributed by atoms with Crippen molar-refractivity contribution >= 4 is 22.6 Å². The van der Waals surface area contributed by atoms with Gasteiger partial charge in [-0.05, 0) is 63.2 Å². The van der Waals surface area contributed by atoms with E-state index in [1.807, 2.05) is 0 Å². The van der Waals surface area contributed by atoms with Gasteiger partial charge in [0.05, 0.1) is 0 Å². The molecule has 0 aliphatic rings. The van der Waals surface area contributed by atoms with Crippen molar-refractivity contribution in [1.82, 2.24) is 0 Å². The first-order chi connectivity index (χ1) is 12.1. The molecule has 0 saturated heterocycles. The van der Waals surface area contributed by atoms with Crippen molar-refractivity contribution in [1.29, 1.82) is 0 Å². The van der Waals surface area contributed by atoms with Gasteiger partial charge in [0.25, 0.3) is 0 Å². The van der Waals surface area contributed by atoms with Crippen LogP contribution in [0.4, 0.5) is 0 Å². The van der Waals surface area contributed by atoms with Crippen LogP contribution in [0.2, 0.25) is 0 Å². The molecule has 0 spiro atoms. The summed E-state index contributed by atoms with van der Waals surface area (Å²) in [5.74, 6) is 3.23. The average molecular weight is 480 g/mol. The smallest absolute Gasteiger partial charge is 0.0123 e. The molecule has 2 heteroatoms. The Bertz CT molecular complexity index is 323. The molecule has 0 saturated carbocycles. The number of halogens is 1. The number of unbranched alkanes of at least 4 members (excludes halogenated alkanes) is 2. The predicted octanol–water partition coefficient (Wildman–Crippen LogP) is 8.38. The summed E-state index contributed by atoms with van der Waals surface area (Å²) < 4.78 is 0.866. The van der Waals surface area contributed by atoms with Crippen LogP contribution in [0.3, 0.4) is 0 Å². The van der Waals surface area contributed by atoms with Gasteiger partial charge in [0, 0.05) is 9.46 Å². The van der Waals surface area contributed by atoms with Gasteiger partial charge in [-0.25, -0.2) is 0 Å². The van der Waals surface area contributed by atoms with Crippen LogP contribution < -0.4 is 5.73 Å². The van der Waals surface area contributed by atoms with Gasteiger partial charge in [0.1, 0.15) is 0 Å². The molecule has 5 atom stereocenters. The fourth-order valence-corrected chi connectivity index (χ4v) is 5.34. The van der Waals surface area contributed by atoms with Crippen LogP contribution in [0, 0.1) is 23.7 Å². The van der Waals surface area contributed by atoms with Gasteiger partial charge >= 0.3 is 0 Å². The molecular weight excluding hydrogens is 429 g/mol. The Morgan fingerprint density at radius 3 is 1.92 bits per heavy atom. The first-order valence-electron chi connectivity index (χ1n) is 11.5. The molecule has 0 heterocycles. The quantitative estimate of drug-likeness (QED) is 0.134. The van der Waals surface area contributed by atoms with Crippen LogP contribution in [0.1, 0.15) is 119 Å². The predicted molar refractivity (Wildman–Crippen MR) is 129 cm³/mol. The SMILES string of the molecule is CCCC(C)CCCCCC(I)CC(C)CC(C)CCC(C)C(C)(C)N. The van der Waals surface area contributed by atoms with E-state index >= 15 is 0 Å². The van der Waals surface area contributed by atoms with E-state index in [9.17, 15) is 0 Å². The molecule has 5 unspecified atom stereocenters. The second kappa shape index (κ2) is 14.7. The van der Waals surface area contributed by atoms with Crippen LogP contribution in [0.25, 0.3) is 0 Å². The lowest BCUT2D eigenvalue weighted by atomic mass is 9.82. The second-order valence-corrected chi connectivity index (χ2v) is 11.9. The zero-order chi connectivity index (χ0) is 20.2. The summed E-state index contributed by atoms with van der Waals surface area (Å²) in [4.78, 5) is 0. The standard InChI is InChI=1S/C24H50IN/c1-8-12-19(2)13-10-9-11-14-23(25)18-21(4)17-20(3)15-16-22(5)24(6,7)26/h19-23H,8-18,26H2,1-7H3. The third-order valence-electron chi connectivity index (χ3n) is 6.32. The minimum absolute atomic E-state index is 0.0347. The number of hydrogen-bond acceptors (Lipinski definition) is 1. The van der Waals surface area contributed by atoms with Crippen LogP contribution in [0.5, 0.6) is 0 Å². The molecule has 0 fully saturated rings. The van der Waals surface area contributed by atoms with Gasteiger partial charge in [-0.15, -0.1) is 0 Å². The van der Waals surface area contributed by atoms with Gasteiger partial charge in [-0.3, -0.25) is 0 Å². The number of rotatable bonds is 16. The van der Waals surface area contributed by atoms with Gasteiger partial charge in [0.2, 0.25) is 0 Å². The van der Waals surface area contributed by atoms with Crippen molar-refractivity contribution in [2.45, 2.75) is 129 Å². The van der Waals surface area contributed by atoms with Crippen molar-refractivity contribution in [2.75, 3.05) is 0 Å². The lowest BCUT2D eigenvalue weighted by molar-refractivity contribution is 0.284. The lowest BCUT2D eigenvalue weighted by Gasteiger charge is -2.28. The molecule has 0 aliphatic carbocycles. The zero-order valence-electron chi connectivity index (χ0n) is 19.1. The van der Waals surface area contributed by atoms with Crippen LogP contribution in [0.15, 0.2) is 0 Å². The Morgan fingerprint density at radius 2 is 1.35 bits per heavy atom. The Morgan fingerprint density at radius 1 is 0.731 bits per heavy atom. The summed E-state index contributed by atoms with van der Waals surface area (Å²) in [5, 5.41) is 0. The minimum Gasteiger partial charge on any atom is -0.325 e. The fourth-order valence-electron chi connectivity index (χ4n) is 4.03. The minimum atomic E-state index is -0.0347. The molecule has 2 N–H and O–H groups in total. The van der Waals surface area contributed by atoms with E-state index in [1.54, 1.807) is 0 Å². The topological polar surface area (TPSA) is 26.0 Å². The van der Waals surface area contributed by atoms with Crippen LogP contribution in [-0.2, 0) is 0 Å². The Balaban J connectivity index is 3.79. The van der Waals surface area contributed by atoms with Crippen LogP contribution in [-0.4, -0.2) is 9.46 Å². The van der Waals surface area contributed by atoms with E-state index in [1.165, 1.54) is 70.6 Å². The van der Waals surface area contributed by atoms with Gasteiger partial charge < -0.3 is 5.73 Å². The van der Waals surface area contributed by atoms with Crippen LogP contribution >= 0.6 is 22.6 Å². The summed E-state index contributed by atoms with van der Waals surface area (Å²) >= 11 is 2.71. The first kappa shape index (κ1) is 26.7. The van der Waals surface area contributed by atoms with Crippen molar-refractivity contribution in [3.05, 3.63) is 0 Å². The molecule has 158 valence electrons. The number of hydrogen-bond donors (Lipinski definition) is 1. The van der Waals surface area contributed by atoms with E-state index in [2.05, 4.69) is 71.1 Å². The summed E-state index contributed by atoms with van der Waals surface area (Å²) in [5.41, 5.74) is 6.20. The molecular formula is C24H50IN. The van der Waals surface area contributed by atoms with Gasteiger partial charge in [-0.1, -0.05) is 102 Å². The highest BCUT2D eigenvalue weighted by atomic mass is 127. The third kappa shape index (κ3) is 14.7. The van der Waals surface area contributed by atoms with Gasteiger partial charge in [-0.2, -0.15) is 0 Å². The molecule has 0 aliphatic heterocycles. The number of alkyl halides is 1. The maximum Gasteiger partial charge on any atom is 0.0123 e. The highest BCUT2D eigenvalue weighted by Gasteiger charge is 2.21. The summed E-state index contributed by atoms with van der Waals surface area (Å²) in [7, 11) is 0. The third-order valence-corrected chi connectivity index (χ3v) is 7.45. The highest BCUT2D eigenvalue weighted by Crippen LogP contribution is 2.28. The lowest BCUT2D eigenvalue weighted by Crippen LogP contribution is -2.39. The summed E-state index contributed by atoms with van der Waals surface area (Å²) in [6, 6.07) is 0. The molecule has 0 aromatic carbocycles. The second-order valence-electron chi connectivity index (χ2n) is 10.1. The van der Waals surface area contributed by atoms with E-state index < -0.39 is 0 Å². The molecule has 0 aromatic heterocycles. The van der Waals surface area contributed by atoms with Crippen molar-refractivity contribution in [3.63, 3.8) is 0 Å². The largest absolute Gasteiger partial charge is 0.325 e. The van der Waals surface area contributed by atoms with Crippen molar-refractivity contribution < 1.29 is 0 Å². The van der Waals surface area contributed by atoms with Crippen molar-refractivity contribution in [3.8, 4) is 0 Å².